The Labute approximate surface area is 120 Å². The van der Waals surface area contributed by atoms with E-state index in [4.69, 9.17) is 0 Å². The zero-order valence-electron chi connectivity index (χ0n) is 11.2. The van der Waals surface area contributed by atoms with Crippen molar-refractivity contribution in [1.82, 2.24) is 9.66 Å². The van der Waals surface area contributed by atoms with Crippen LogP contribution in [0.2, 0.25) is 0 Å². The van der Waals surface area contributed by atoms with Gasteiger partial charge in [0.1, 0.15) is 5.82 Å². The van der Waals surface area contributed by atoms with E-state index in [-0.39, 0.29) is 5.56 Å². The van der Waals surface area contributed by atoms with E-state index in [0.29, 0.717) is 16.7 Å². The van der Waals surface area contributed by atoms with E-state index in [9.17, 15) is 4.79 Å². The first kappa shape index (κ1) is 12.7. The van der Waals surface area contributed by atoms with Crippen LogP contribution in [0.15, 0.2) is 46.3 Å². The van der Waals surface area contributed by atoms with E-state index in [1.165, 1.54) is 9.55 Å². The SMILES string of the molecule is Cc1ccc(/C=N\n2c(C)nc3ccccc3c2=O)s1. The van der Waals surface area contributed by atoms with Crippen LogP contribution in [0, 0.1) is 13.8 Å². The number of benzene rings is 1. The Bertz CT molecular complexity index is 861. The Balaban J connectivity index is 2.12. The zero-order chi connectivity index (χ0) is 14.1. The van der Waals surface area contributed by atoms with E-state index in [2.05, 4.69) is 10.1 Å². The van der Waals surface area contributed by atoms with Crippen molar-refractivity contribution in [2.45, 2.75) is 13.8 Å². The number of thiophene rings is 1. The van der Waals surface area contributed by atoms with Crippen LogP contribution in [0.25, 0.3) is 10.9 Å². The molecule has 2 heterocycles. The van der Waals surface area contributed by atoms with Gasteiger partial charge in [0.2, 0.25) is 0 Å². The van der Waals surface area contributed by atoms with E-state index in [1.54, 1.807) is 30.5 Å². The predicted octanol–water partition coefficient (Wildman–Crippen LogP) is 2.96. The molecule has 0 aliphatic rings. The van der Waals surface area contributed by atoms with Gasteiger partial charge in [0.15, 0.2) is 0 Å². The highest BCUT2D eigenvalue weighted by Gasteiger charge is 2.06. The highest BCUT2D eigenvalue weighted by Crippen LogP contribution is 2.13. The second kappa shape index (κ2) is 5.02. The van der Waals surface area contributed by atoms with E-state index in [1.807, 2.05) is 37.3 Å². The van der Waals surface area contributed by atoms with Crippen molar-refractivity contribution in [3.8, 4) is 0 Å². The number of hydrogen-bond acceptors (Lipinski definition) is 4. The van der Waals surface area contributed by atoms with Crippen LogP contribution in [-0.2, 0) is 0 Å². The lowest BCUT2D eigenvalue weighted by Crippen LogP contribution is -2.20. The molecule has 0 aliphatic carbocycles. The number of rotatable bonds is 2. The van der Waals surface area contributed by atoms with Crippen LogP contribution in [0.3, 0.4) is 0 Å². The summed E-state index contributed by atoms with van der Waals surface area (Å²) in [5, 5.41) is 4.85. The average Bonchev–Trinajstić information content (AvgIpc) is 2.84. The molecule has 0 radical (unpaired) electrons. The fraction of sp³-hybridized carbons (Fsp3) is 0.133. The Kier molecular flexibility index (Phi) is 3.20. The molecule has 100 valence electrons. The molecule has 20 heavy (non-hydrogen) atoms. The van der Waals surface area contributed by atoms with Gasteiger partial charge in [-0.3, -0.25) is 4.79 Å². The molecule has 0 saturated heterocycles. The maximum absolute atomic E-state index is 12.4. The number of fused-ring (bicyclic) bond motifs is 1. The minimum absolute atomic E-state index is 0.141. The van der Waals surface area contributed by atoms with Gasteiger partial charge in [0.05, 0.1) is 17.1 Å². The van der Waals surface area contributed by atoms with Gasteiger partial charge in [0, 0.05) is 9.75 Å². The lowest BCUT2D eigenvalue weighted by atomic mass is 10.2. The van der Waals surface area contributed by atoms with Gasteiger partial charge in [-0.25, -0.2) is 4.98 Å². The number of aryl methyl sites for hydroxylation is 2. The van der Waals surface area contributed by atoms with Crippen LogP contribution in [0.4, 0.5) is 0 Å². The molecule has 1 aromatic carbocycles. The van der Waals surface area contributed by atoms with Crippen molar-refractivity contribution in [3.63, 3.8) is 0 Å². The van der Waals surface area contributed by atoms with Crippen LogP contribution < -0.4 is 5.56 Å². The maximum Gasteiger partial charge on any atom is 0.282 e. The van der Waals surface area contributed by atoms with Crippen molar-refractivity contribution in [1.29, 1.82) is 0 Å². The highest BCUT2D eigenvalue weighted by atomic mass is 32.1. The zero-order valence-corrected chi connectivity index (χ0v) is 12.0. The molecular weight excluding hydrogens is 270 g/mol. The predicted molar refractivity (Wildman–Crippen MR) is 82.8 cm³/mol. The third kappa shape index (κ3) is 2.28. The summed E-state index contributed by atoms with van der Waals surface area (Å²) >= 11 is 1.64. The molecule has 2 aromatic heterocycles. The molecule has 0 spiro atoms. The van der Waals surface area contributed by atoms with Crippen LogP contribution >= 0.6 is 11.3 Å². The molecule has 5 heteroatoms. The molecule has 0 N–H and O–H groups in total. The van der Waals surface area contributed by atoms with E-state index >= 15 is 0 Å². The van der Waals surface area contributed by atoms with Crippen LogP contribution in [-0.4, -0.2) is 15.9 Å². The van der Waals surface area contributed by atoms with Gasteiger partial charge in [0.25, 0.3) is 5.56 Å². The third-order valence-corrected chi connectivity index (χ3v) is 3.91. The number of hydrogen-bond donors (Lipinski definition) is 0. The Morgan fingerprint density at radius 3 is 2.75 bits per heavy atom. The van der Waals surface area contributed by atoms with Crippen molar-refractivity contribution in [2.75, 3.05) is 0 Å². The Morgan fingerprint density at radius 1 is 1.20 bits per heavy atom. The summed E-state index contributed by atoms with van der Waals surface area (Å²) < 4.78 is 1.34. The molecule has 4 nitrogen and oxygen atoms in total. The molecule has 0 amide bonds. The molecule has 3 rings (SSSR count). The first-order valence-corrected chi connectivity index (χ1v) is 7.06. The van der Waals surface area contributed by atoms with Crippen molar-refractivity contribution >= 4 is 28.5 Å². The molecular formula is C15H13N3OS. The van der Waals surface area contributed by atoms with Gasteiger partial charge in [-0.1, -0.05) is 12.1 Å². The summed E-state index contributed by atoms with van der Waals surface area (Å²) in [6.07, 6.45) is 1.70. The third-order valence-electron chi connectivity index (χ3n) is 2.98. The summed E-state index contributed by atoms with van der Waals surface area (Å²) in [6.45, 7) is 3.82. The summed E-state index contributed by atoms with van der Waals surface area (Å²) in [5.74, 6) is 0.582. The standard InChI is InChI=1S/C15H13N3OS/c1-10-7-8-12(20-10)9-16-18-11(2)17-14-6-4-3-5-13(14)15(18)19/h3-9H,1-2H3/b16-9-. The molecule has 0 atom stereocenters. The van der Waals surface area contributed by atoms with Gasteiger partial charge >= 0.3 is 0 Å². The first-order valence-electron chi connectivity index (χ1n) is 6.24. The fourth-order valence-electron chi connectivity index (χ4n) is 2.01. The van der Waals surface area contributed by atoms with Crippen molar-refractivity contribution in [2.24, 2.45) is 5.10 Å². The molecule has 0 aliphatic heterocycles. The van der Waals surface area contributed by atoms with Crippen LogP contribution in [0.5, 0.6) is 0 Å². The lowest BCUT2D eigenvalue weighted by Gasteiger charge is -2.04. The molecule has 0 fully saturated rings. The molecule has 0 saturated carbocycles. The minimum Gasteiger partial charge on any atom is -0.267 e. The Morgan fingerprint density at radius 2 is 2.00 bits per heavy atom. The molecule has 3 aromatic rings. The van der Waals surface area contributed by atoms with Gasteiger partial charge in [-0.15, -0.1) is 11.3 Å². The quantitative estimate of drug-likeness (QED) is 0.679. The summed E-state index contributed by atoms with van der Waals surface area (Å²) in [6, 6.07) is 11.3. The number of aromatic nitrogens is 2. The normalized spacial score (nSPS) is 11.5. The number of nitrogens with zero attached hydrogens (tertiary/aromatic N) is 3. The summed E-state index contributed by atoms with van der Waals surface area (Å²) in [4.78, 5) is 19.0. The summed E-state index contributed by atoms with van der Waals surface area (Å²) in [5.41, 5.74) is 0.561. The summed E-state index contributed by atoms with van der Waals surface area (Å²) in [7, 11) is 0. The largest absolute Gasteiger partial charge is 0.282 e. The highest BCUT2D eigenvalue weighted by molar-refractivity contribution is 7.13. The topological polar surface area (TPSA) is 47.2 Å². The van der Waals surface area contributed by atoms with Gasteiger partial charge in [-0.2, -0.15) is 9.78 Å². The van der Waals surface area contributed by atoms with Crippen molar-refractivity contribution in [3.05, 3.63) is 62.3 Å². The van der Waals surface area contributed by atoms with Crippen LogP contribution in [0.1, 0.15) is 15.6 Å². The lowest BCUT2D eigenvalue weighted by molar-refractivity contribution is 0.771. The Hall–Kier alpha value is -2.27. The fourth-order valence-corrected chi connectivity index (χ4v) is 2.75. The van der Waals surface area contributed by atoms with Gasteiger partial charge in [-0.05, 0) is 38.1 Å². The molecule has 0 bridgehead atoms. The first-order chi connectivity index (χ1) is 9.65. The monoisotopic (exact) mass is 283 g/mol. The van der Waals surface area contributed by atoms with Crippen molar-refractivity contribution < 1.29 is 0 Å². The smallest absolute Gasteiger partial charge is 0.267 e. The van der Waals surface area contributed by atoms with E-state index < -0.39 is 0 Å². The minimum atomic E-state index is -0.141. The maximum atomic E-state index is 12.4. The second-order valence-electron chi connectivity index (χ2n) is 4.49. The average molecular weight is 283 g/mol. The molecule has 0 unspecified atom stereocenters. The van der Waals surface area contributed by atoms with E-state index in [0.717, 1.165) is 4.88 Å². The number of para-hydroxylation sites is 1. The second-order valence-corrected chi connectivity index (χ2v) is 5.81. The van der Waals surface area contributed by atoms with Gasteiger partial charge < -0.3 is 0 Å².